The number of carbonyl (C=O) groups is 5. The number of nitrogens with one attached hydrogen (secondary N) is 4. The molecular weight excluding hydrogens is 572 g/mol. The molecule has 16 nitrogen and oxygen atoms in total. The Morgan fingerprint density at radius 2 is 1.48 bits per heavy atom. The van der Waals surface area contributed by atoms with E-state index < -0.39 is 53.8 Å². The third-order valence-electron chi connectivity index (χ3n) is 6.91. The zero-order valence-electron chi connectivity index (χ0n) is 24.6. The molecule has 15 N–H and O–H groups in total. The minimum atomic E-state index is -1.29. The van der Waals surface area contributed by atoms with E-state index in [-0.39, 0.29) is 44.6 Å². The highest BCUT2D eigenvalue weighted by Crippen LogP contribution is 2.19. The largest absolute Gasteiger partial charge is 0.480 e. The van der Waals surface area contributed by atoms with Gasteiger partial charge in [0.1, 0.15) is 18.1 Å². The zero-order valence-corrected chi connectivity index (χ0v) is 24.6. The summed E-state index contributed by atoms with van der Waals surface area (Å²) in [6.45, 7) is 0.602. The summed E-state index contributed by atoms with van der Waals surface area (Å²) in [5.41, 5.74) is 28.9. The molecule has 0 saturated carbocycles. The fourth-order valence-corrected chi connectivity index (χ4v) is 4.51. The summed E-state index contributed by atoms with van der Waals surface area (Å²) < 4.78 is 0. The molecular formula is C28H44N10O6. The normalized spacial score (nSPS) is 13.7. The van der Waals surface area contributed by atoms with Crippen LogP contribution in [0.5, 0.6) is 0 Å². The number of fused-ring (bicyclic) bond motifs is 1. The first-order valence-electron chi connectivity index (χ1n) is 14.4. The van der Waals surface area contributed by atoms with Crippen LogP contribution in [0.25, 0.3) is 10.9 Å². The molecule has 4 atom stereocenters. The van der Waals surface area contributed by atoms with Crippen LogP contribution in [0, 0.1) is 0 Å². The number of nitrogens with zero attached hydrogens (tertiary/aromatic N) is 1. The van der Waals surface area contributed by atoms with Crippen molar-refractivity contribution in [2.45, 2.75) is 75.5 Å². The lowest BCUT2D eigenvalue weighted by atomic mass is 10.0. The van der Waals surface area contributed by atoms with Crippen LogP contribution >= 0.6 is 0 Å². The summed E-state index contributed by atoms with van der Waals surface area (Å²) in [5.74, 6) is -4.19. The van der Waals surface area contributed by atoms with Gasteiger partial charge in [0.2, 0.25) is 23.6 Å². The monoisotopic (exact) mass is 616 g/mol. The topological polar surface area (TPSA) is 300 Å². The lowest BCUT2D eigenvalue weighted by molar-refractivity contribution is -0.142. The van der Waals surface area contributed by atoms with Crippen LogP contribution in [0.3, 0.4) is 0 Å². The number of carboxylic acids is 1. The molecule has 0 bridgehead atoms. The molecule has 2 rings (SSSR count). The second-order valence-electron chi connectivity index (χ2n) is 10.4. The number of para-hydroxylation sites is 1. The Bertz CT molecular complexity index is 1310. The number of unbranched alkanes of at least 4 members (excludes halogenated alkanes) is 1. The smallest absolute Gasteiger partial charge is 0.326 e. The molecule has 0 aliphatic carbocycles. The highest BCUT2D eigenvalue weighted by molar-refractivity contribution is 5.94. The Morgan fingerprint density at radius 1 is 0.841 bits per heavy atom. The fraction of sp³-hybridized carbons (Fsp3) is 0.500. The fourth-order valence-electron chi connectivity index (χ4n) is 4.51. The highest BCUT2D eigenvalue weighted by Gasteiger charge is 2.30. The summed E-state index contributed by atoms with van der Waals surface area (Å²) in [6, 6.07) is 2.66. The number of nitrogens with two attached hydrogens (primary N) is 5. The Labute approximate surface area is 254 Å². The van der Waals surface area contributed by atoms with Gasteiger partial charge in [0.05, 0.1) is 6.04 Å². The van der Waals surface area contributed by atoms with Crippen LogP contribution in [0.1, 0.15) is 50.5 Å². The second-order valence-corrected chi connectivity index (χ2v) is 10.4. The number of guanidine groups is 1. The van der Waals surface area contributed by atoms with Gasteiger partial charge in [-0.1, -0.05) is 18.2 Å². The molecule has 16 heteroatoms. The maximum Gasteiger partial charge on any atom is 0.326 e. The quantitative estimate of drug-likeness (QED) is 0.0444. The molecule has 242 valence electrons. The Hall–Kier alpha value is -4.70. The second kappa shape index (κ2) is 18.1. The predicted molar refractivity (Wildman–Crippen MR) is 165 cm³/mol. The summed E-state index contributed by atoms with van der Waals surface area (Å²) in [4.78, 5) is 69.9. The van der Waals surface area contributed by atoms with Crippen molar-refractivity contribution in [1.29, 1.82) is 0 Å². The molecule has 44 heavy (non-hydrogen) atoms. The molecule has 1 heterocycles. The van der Waals surface area contributed by atoms with Crippen molar-refractivity contribution in [2.75, 3.05) is 13.1 Å². The Balaban J connectivity index is 2.15. The van der Waals surface area contributed by atoms with Crippen molar-refractivity contribution in [1.82, 2.24) is 20.9 Å². The van der Waals surface area contributed by atoms with Gasteiger partial charge in [-0.25, -0.2) is 4.79 Å². The van der Waals surface area contributed by atoms with Crippen LogP contribution in [0.2, 0.25) is 0 Å². The Kier molecular flexibility index (Phi) is 14.6. The van der Waals surface area contributed by atoms with E-state index in [2.05, 4.69) is 25.9 Å². The molecule has 4 unspecified atom stereocenters. The molecule has 0 spiro atoms. The van der Waals surface area contributed by atoms with Gasteiger partial charge in [0, 0.05) is 36.5 Å². The lowest BCUT2D eigenvalue weighted by Gasteiger charge is -2.25. The van der Waals surface area contributed by atoms with Crippen LogP contribution < -0.4 is 44.6 Å². The number of carbonyl (C=O) groups excluding carboxylic acids is 4. The first kappa shape index (κ1) is 35.5. The van der Waals surface area contributed by atoms with E-state index in [4.69, 9.17) is 28.7 Å². The first-order valence-corrected chi connectivity index (χ1v) is 14.4. The molecule has 0 radical (unpaired) electrons. The number of amides is 4. The number of aromatic amines is 1. The van der Waals surface area contributed by atoms with Gasteiger partial charge >= 0.3 is 5.97 Å². The summed E-state index contributed by atoms with van der Waals surface area (Å²) >= 11 is 0. The molecule has 1 aromatic carbocycles. The van der Waals surface area contributed by atoms with Crippen molar-refractivity contribution in [3.63, 3.8) is 0 Å². The molecule has 0 aliphatic rings. The van der Waals surface area contributed by atoms with Crippen molar-refractivity contribution >= 4 is 46.5 Å². The van der Waals surface area contributed by atoms with Crippen LogP contribution in [0.15, 0.2) is 35.5 Å². The number of aliphatic imine (C=N–C) groups is 1. The lowest BCUT2D eigenvalue weighted by Crippen LogP contribution is -2.57. The number of aliphatic carboxylic acids is 1. The SMILES string of the molecule is NCCCCC(NC(=O)C(CCC(N)=O)NC(=O)C(N)CCCN=C(N)N)C(=O)NC(Cc1c[nH]c2ccccc12)C(=O)O. The molecule has 1 aromatic heterocycles. The third kappa shape index (κ3) is 11.9. The number of benzene rings is 1. The average molecular weight is 617 g/mol. The number of hydrogen-bond donors (Lipinski definition) is 10. The average Bonchev–Trinajstić information content (AvgIpc) is 3.38. The van der Waals surface area contributed by atoms with Gasteiger partial charge in [-0.05, 0) is 56.7 Å². The van der Waals surface area contributed by atoms with E-state index >= 15 is 0 Å². The molecule has 4 amide bonds. The van der Waals surface area contributed by atoms with E-state index in [1.54, 1.807) is 6.20 Å². The Morgan fingerprint density at radius 3 is 2.11 bits per heavy atom. The van der Waals surface area contributed by atoms with Gasteiger partial charge in [0.25, 0.3) is 0 Å². The number of H-pyrrole nitrogens is 1. The van der Waals surface area contributed by atoms with Gasteiger partial charge < -0.3 is 54.7 Å². The van der Waals surface area contributed by atoms with Gasteiger partial charge in [-0.2, -0.15) is 0 Å². The molecule has 2 aromatic rings. The van der Waals surface area contributed by atoms with E-state index in [0.29, 0.717) is 31.4 Å². The van der Waals surface area contributed by atoms with E-state index in [9.17, 15) is 29.1 Å². The van der Waals surface area contributed by atoms with Crippen molar-refractivity contribution in [3.05, 3.63) is 36.0 Å². The highest BCUT2D eigenvalue weighted by atomic mass is 16.4. The van der Waals surface area contributed by atoms with Crippen LogP contribution in [0.4, 0.5) is 0 Å². The van der Waals surface area contributed by atoms with Crippen LogP contribution in [-0.4, -0.2) is 82.9 Å². The van der Waals surface area contributed by atoms with E-state index in [1.807, 2.05) is 24.3 Å². The molecule has 0 fully saturated rings. The number of aromatic nitrogens is 1. The zero-order chi connectivity index (χ0) is 32.6. The van der Waals surface area contributed by atoms with E-state index in [1.165, 1.54) is 0 Å². The molecule has 0 saturated heterocycles. The predicted octanol–water partition coefficient (Wildman–Crippen LogP) is -1.98. The number of carboxylic acid groups (broad SMARTS) is 1. The minimum Gasteiger partial charge on any atom is -0.480 e. The summed E-state index contributed by atoms with van der Waals surface area (Å²) in [5, 5.41) is 18.4. The van der Waals surface area contributed by atoms with Gasteiger partial charge in [-0.3, -0.25) is 24.2 Å². The van der Waals surface area contributed by atoms with E-state index in [0.717, 1.165) is 10.9 Å². The summed E-state index contributed by atoms with van der Waals surface area (Å²) in [7, 11) is 0. The maximum absolute atomic E-state index is 13.4. The third-order valence-corrected chi connectivity index (χ3v) is 6.91. The van der Waals surface area contributed by atoms with Crippen molar-refractivity contribution < 1.29 is 29.1 Å². The van der Waals surface area contributed by atoms with Gasteiger partial charge in [0.15, 0.2) is 5.96 Å². The first-order chi connectivity index (χ1) is 20.9. The maximum atomic E-state index is 13.4. The number of primary amides is 1. The standard InChI is InChI=1S/C28H44N10O6/c29-12-4-3-9-20(25(41)38-22(27(43)44)14-16-15-35-19-8-2-1-6-17(16)19)37-26(42)21(10-11-23(31)39)36-24(40)18(30)7-5-13-34-28(32)33/h1-2,6,8,15,18,20-22,35H,3-5,7,9-14,29-30H2,(H2,31,39)(H,36,40)(H,37,42)(H,38,41)(H,43,44)(H4,32,33,34). The minimum absolute atomic E-state index is 0.00702. The van der Waals surface area contributed by atoms with Gasteiger partial charge in [-0.15, -0.1) is 0 Å². The van der Waals surface area contributed by atoms with Crippen molar-refractivity contribution in [3.8, 4) is 0 Å². The molecule has 0 aliphatic heterocycles. The number of rotatable bonds is 20. The number of hydrogen-bond acceptors (Lipinski definition) is 8. The summed E-state index contributed by atoms with van der Waals surface area (Å²) in [6.07, 6.45) is 3.06. The van der Waals surface area contributed by atoms with Crippen LogP contribution in [-0.2, 0) is 30.4 Å². The van der Waals surface area contributed by atoms with Crippen molar-refractivity contribution in [2.24, 2.45) is 33.7 Å².